The van der Waals surface area contributed by atoms with E-state index in [-0.39, 0.29) is 27.8 Å². The minimum atomic E-state index is -1.94. The number of aliphatic hydroxyl groups excluding tert-OH is 4. The zero-order valence-electron chi connectivity index (χ0n) is 16.4. The van der Waals surface area contributed by atoms with E-state index in [9.17, 15) is 35.4 Å². The lowest BCUT2D eigenvalue weighted by Gasteiger charge is -2.40. The van der Waals surface area contributed by atoms with Gasteiger partial charge < -0.3 is 39.8 Å². The third kappa shape index (κ3) is 3.22. The molecule has 0 spiro atoms. The Labute approximate surface area is 171 Å². The van der Waals surface area contributed by atoms with Gasteiger partial charge in [0.1, 0.15) is 53.9 Å². The predicted molar refractivity (Wildman–Crippen MR) is 104 cm³/mol. The van der Waals surface area contributed by atoms with Crippen LogP contribution in [0, 0.1) is 0 Å². The molecule has 0 saturated carbocycles. The van der Waals surface area contributed by atoms with Crippen molar-refractivity contribution >= 4 is 11.0 Å². The Hall–Kier alpha value is -2.95. The van der Waals surface area contributed by atoms with Crippen LogP contribution in [0.1, 0.15) is 13.0 Å². The van der Waals surface area contributed by atoms with Crippen molar-refractivity contribution in [1.82, 2.24) is 0 Å². The molecule has 0 radical (unpaired) electrons. The highest BCUT2D eigenvalue weighted by atomic mass is 16.5. The molecule has 2 aromatic carbocycles. The molecule has 1 aliphatic rings. The van der Waals surface area contributed by atoms with E-state index in [4.69, 9.17) is 10.5 Å². The summed E-state index contributed by atoms with van der Waals surface area (Å²) in [5.74, 6) is -0.393. The largest absolute Gasteiger partial charge is 0.508 e. The fraction of sp³-hybridized carbons (Fsp3) is 0.286. The van der Waals surface area contributed by atoms with Crippen LogP contribution in [0.25, 0.3) is 22.1 Å². The van der Waals surface area contributed by atoms with Crippen molar-refractivity contribution < 1.29 is 41.2 Å². The van der Waals surface area contributed by atoms with Gasteiger partial charge in [-0.25, -0.2) is 0 Å². The molecule has 9 heteroatoms. The Bertz CT molecular complexity index is 1160. The number of rotatable bonds is 3. The van der Waals surface area contributed by atoms with Gasteiger partial charge in [0.25, 0.3) is 0 Å². The third-order valence-corrected chi connectivity index (χ3v) is 5.22. The number of aliphatic hydroxyl groups is 4. The minimum absolute atomic E-state index is 0.0245. The van der Waals surface area contributed by atoms with Gasteiger partial charge in [0.05, 0.1) is 24.5 Å². The van der Waals surface area contributed by atoms with Crippen molar-refractivity contribution in [1.29, 1.82) is 0 Å². The first kappa shape index (κ1) is 19.0. The second kappa shape index (κ2) is 7.71. The fourth-order valence-corrected chi connectivity index (χ4v) is 3.59. The monoisotopic (exact) mass is 418 g/mol. The molecule has 1 saturated heterocycles. The van der Waals surface area contributed by atoms with E-state index in [0.29, 0.717) is 5.56 Å². The highest BCUT2D eigenvalue weighted by Crippen LogP contribution is 2.40. The molecular weight excluding hydrogens is 396 g/mol. The molecular formula is C21H20O9. The molecule has 6 atom stereocenters. The number of hydrogen-bond donors (Lipinski definition) is 6. The Balaban J connectivity index is 1.87. The molecule has 0 aliphatic carbocycles. The lowest BCUT2D eigenvalue weighted by Crippen LogP contribution is -2.55. The van der Waals surface area contributed by atoms with Gasteiger partial charge >= 0.3 is 0 Å². The predicted octanol–water partition coefficient (Wildman–Crippen LogP) is 0.386. The van der Waals surface area contributed by atoms with E-state index in [2.05, 4.69) is 0 Å². The average Bonchev–Trinajstić information content (AvgIpc) is 2.74. The summed E-state index contributed by atoms with van der Waals surface area (Å²) >= 11 is 0. The maximum absolute atomic E-state index is 13.1. The summed E-state index contributed by atoms with van der Waals surface area (Å²) in [6, 6.07) is 8.39. The normalized spacial score (nSPS) is 28.3. The van der Waals surface area contributed by atoms with Gasteiger partial charge in [-0.3, -0.25) is 4.79 Å². The van der Waals surface area contributed by atoms with Crippen molar-refractivity contribution in [3.63, 3.8) is 0 Å². The smallest absolute Gasteiger partial charge is 0.200 e. The summed E-state index contributed by atoms with van der Waals surface area (Å²) in [4.78, 5) is 13.1. The summed E-state index contributed by atoms with van der Waals surface area (Å²) in [5.41, 5.74) is -0.0948. The quantitative estimate of drug-likeness (QED) is 0.353. The zero-order valence-corrected chi connectivity index (χ0v) is 15.4. The molecule has 1 aromatic heterocycles. The SMILES string of the molecule is [3H]C(O)[C@H]1O[C@@H](c2c(O)ccc3c(=O)c(-c4ccc(O)cc4)coc23)[C@H](O)[C@@H](O)[C@@H]1O. The van der Waals surface area contributed by atoms with Gasteiger partial charge in [-0.05, 0) is 29.8 Å². The molecule has 158 valence electrons. The van der Waals surface area contributed by atoms with E-state index >= 15 is 0 Å². The van der Waals surface area contributed by atoms with Crippen molar-refractivity contribution in [2.45, 2.75) is 30.5 Å². The van der Waals surface area contributed by atoms with E-state index in [1.54, 1.807) is 0 Å². The lowest BCUT2D eigenvalue weighted by molar-refractivity contribution is -0.231. The van der Waals surface area contributed by atoms with Crippen LogP contribution in [0.2, 0.25) is 0 Å². The van der Waals surface area contributed by atoms with Gasteiger partial charge in [-0.2, -0.15) is 0 Å². The molecule has 30 heavy (non-hydrogen) atoms. The van der Waals surface area contributed by atoms with Crippen LogP contribution in [-0.2, 0) is 4.74 Å². The first-order valence-electron chi connectivity index (χ1n) is 9.65. The zero-order chi connectivity index (χ0) is 22.4. The van der Waals surface area contributed by atoms with Crippen molar-refractivity contribution in [2.75, 3.05) is 6.58 Å². The summed E-state index contributed by atoms with van der Waals surface area (Å²) < 4.78 is 18.5. The number of phenolic OH excluding ortho intramolecular Hbond substituents is 2. The third-order valence-electron chi connectivity index (χ3n) is 5.22. The van der Waals surface area contributed by atoms with E-state index < -0.39 is 48.3 Å². The summed E-state index contributed by atoms with van der Waals surface area (Å²) in [7, 11) is 0. The minimum Gasteiger partial charge on any atom is -0.508 e. The Kier molecular flexibility index (Phi) is 4.89. The van der Waals surface area contributed by atoms with E-state index in [1.807, 2.05) is 0 Å². The van der Waals surface area contributed by atoms with Crippen LogP contribution in [0.4, 0.5) is 0 Å². The van der Waals surface area contributed by atoms with Crippen LogP contribution < -0.4 is 5.43 Å². The molecule has 3 aromatic rings. The topological polar surface area (TPSA) is 161 Å². The van der Waals surface area contributed by atoms with Gasteiger partial charge in [0, 0.05) is 0 Å². The Morgan fingerprint density at radius 3 is 2.33 bits per heavy atom. The first-order valence-corrected chi connectivity index (χ1v) is 9.07. The number of hydrogen-bond acceptors (Lipinski definition) is 9. The maximum atomic E-state index is 13.1. The maximum Gasteiger partial charge on any atom is 0.200 e. The van der Waals surface area contributed by atoms with E-state index in [1.165, 1.54) is 36.4 Å². The van der Waals surface area contributed by atoms with Crippen molar-refractivity contribution in [3.8, 4) is 22.6 Å². The van der Waals surface area contributed by atoms with Gasteiger partial charge in [-0.1, -0.05) is 12.1 Å². The van der Waals surface area contributed by atoms with Gasteiger partial charge in [0.2, 0.25) is 5.43 Å². The summed E-state index contributed by atoms with van der Waals surface area (Å²) in [5, 5.41) is 60.1. The number of ether oxygens (including phenoxy) is 1. The molecule has 0 amide bonds. The van der Waals surface area contributed by atoms with Crippen LogP contribution >= 0.6 is 0 Å². The lowest BCUT2D eigenvalue weighted by atomic mass is 9.89. The van der Waals surface area contributed by atoms with Gasteiger partial charge in [0.15, 0.2) is 0 Å². The highest BCUT2D eigenvalue weighted by Gasteiger charge is 2.45. The number of fused-ring (bicyclic) bond motifs is 1. The van der Waals surface area contributed by atoms with Crippen molar-refractivity contribution in [2.24, 2.45) is 0 Å². The number of benzene rings is 2. The fourth-order valence-electron chi connectivity index (χ4n) is 3.59. The molecule has 6 N–H and O–H groups in total. The molecule has 1 fully saturated rings. The number of aromatic hydroxyl groups is 2. The van der Waals surface area contributed by atoms with E-state index in [0.717, 1.165) is 6.26 Å². The Morgan fingerprint density at radius 1 is 0.967 bits per heavy atom. The molecule has 4 rings (SSSR count). The summed E-state index contributed by atoms with van der Waals surface area (Å²) in [6.07, 6.45) is -7.22. The second-order valence-electron chi connectivity index (χ2n) is 7.04. The summed E-state index contributed by atoms with van der Waals surface area (Å²) in [6.45, 7) is -1.94. The first-order chi connectivity index (χ1) is 14.7. The molecule has 1 aliphatic heterocycles. The molecule has 9 nitrogen and oxygen atoms in total. The standard InChI is InChI=1S/C21H20O9/c22-7-14-17(26)18(27)19(28)21(30-14)15-13(24)6-5-11-16(25)12(8-29-20(11)15)9-1-3-10(23)4-2-9/h1-6,8,14,17-19,21-24,26-28H,7H2/t14-,17-,18+,19-,21+/m1/s1/i7T/t7?,14-,17-,18+,19-,21+. The molecule has 2 heterocycles. The Morgan fingerprint density at radius 2 is 1.67 bits per heavy atom. The van der Waals surface area contributed by atoms with Crippen LogP contribution in [0.3, 0.4) is 0 Å². The van der Waals surface area contributed by atoms with Crippen LogP contribution in [0.15, 0.2) is 51.9 Å². The average molecular weight is 418 g/mol. The highest BCUT2D eigenvalue weighted by molar-refractivity contribution is 5.86. The van der Waals surface area contributed by atoms with Crippen molar-refractivity contribution in [3.05, 3.63) is 58.4 Å². The van der Waals surface area contributed by atoms with Gasteiger partial charge in [-0.15, -0.1) is 0 Å². The van der Waals surface area contributed by atoms with Crippen LogP contribution in [0.5, 0.6) is 11.5 Å². The van der Waals surface area contributed by atoms with Crippen LogP contribution in [-0.4, -0.2) is 61.6 Å². The molecule has 1 unspecified atom stereocenters. The number of phenols is 2. The molecule has 0 bridgehead atoms. The second-order valence-corrected chi connectivity index (χ2v) is 7.04.